The maximum Gasteiger partial charge on any atom is 0.260 e. The normalized spacial score (nSPS) is 23.4. The van der Waals surface area contributed by atoms with Gasteiger partial charge < -0.3 is 15.3 Å². The SMILES string of the molecule is CNC1CCN(C(=O)c2c(O)cccc2F)CC1C. The number of carbonyl (C=O) groups is 1. The van der Waals surface area contributed by atoms with Gasteiger partial charge >= 0.3 is 0 Å². The number of rotatable bonds is 2. The van der Waals surface area contributed by atoms with E-state index in [4.69, 9.17) is 0 Å². The van der Waals surface area contributed by atoms with Crippen molar-refractivity contribution >= 4 is 5.91 Å². The number of hydrogen-bond donors (Lipinski definition) is 2. The van der Waals surface area contributed by atoms with Crippen molar-refractivity contribution in [3.63, 3.8) is 0 Å². The van der Waals surface area contributed by atoms with Crippen LogP contribution in [0.1, 0.15) is 23.7 Å². The number of nitrogens with one attached hydrogen (secondary N) is 1. The minimum absolute atomic E-state index is 0.224. The Morgan fingerprint density at radius 1 is 1.53 bits per heavy atom. The zero-order valence-corrected chi connectivity index (χ0v) is 11.2. The summed E-state index contributed by atoms with van der Waals surface area (Å²) in [4.78, 5) is 13.9. The van der Waals surface area contributed by atoms with E-state index in [9.17, 15) is 14.3 Å². The van der Waals surface area contributed by atoms with E-state index in [0.29, 0.717) is 25.0 Å². The molecule has 0 saturated carbocycles. The van der Waals surface area contributed by atoms with Gasteiger partial charge in [-0.1, -0.05) is 13.0 Å². The maximum absolute atomic E-state index is 13.7. The summed E-state index contributed by atoms with van der Waals surface area (Å²) in [5, 5.41) is 12.9. The van der Waals surface area contributed by atoms with Crippen LogP contribution in [0.25, 0.3) is 0 Å². The molecule has 2 rings (SSSR count). The summed E-state index contributed by atoms with van der Waals surface area (Å²) < 4.78 is 13.7. The molecule has 1 amide bonds. The molecule has 1 heterocycles. The monoisotopic (exact) mass is 266 g/mol. The van der Waals surface area contributed by atoms with Crippen molar-refractivity contribution in [2.45, 2.75) is 19.4 Å². The molecule has 0 radical (unpaired) electrons. The molecule has 0 spiro atoms. The van der Waals surface area contributed by atoms with Gasteiger partial charge in [0.25, 0.3) is 5.91 Å². The highest BCUT2D eigenvalue weighted by Crippen LogP contribution is 2.24. The van der Waals surface area contributed by atoms with Crippen LogP contribution in [0.3, 0.4) is 0 Å². The topological polar surface area (TPSA) is 52.6 Å². The van der Waals surface area contributed by atoms with Gasteiger partial charge in [-0.15, -0.1) is 0 Å². The molecule has 1 aromatic rings. The van der Waals surface area contributed by atoms with Crippen molar-refractivity contribution in [2.75, 3.05) is 20.1 Å². The van der Waals surface area contributed by atoms with Gasteiger partial charge in [0.2, 0.25) is 0 Å². The van der Waals surface area contributed by atoms with Crippen LogP contribution in [0.4, 0.5) is 4.39 Å². The Kier molecular flexibility index (Phi) is 4.04. The molecular weight excluding hydrogens is 247 g/mol. The van der Waals surface area contributed by atoms with Crippen LogP contribution >= 0.6 is 0 Å². The van der Waals surface area contributed by atoms with E-state index in [-0.39, 0.29) is 11.3 Å². The first-order chi connectivity index (χ1) is 9.04. The fourth-order valence-electron chi connectivity index (χ4n) is 2.64. The highest BCUT2D eigenvalue weighted by Gasteiger charge is 2.30. The quantitative estimate of drug-likeness (QED) is 0.855. The number of hydrogen-bond acceptors (Lipinski definition) is 3. The number of amides is 1. The van der Waals surface area contributed by atoms with Crippen molar-refractivity contribution in [1.82, 2.24) is 10.2 Å². The van der Waals surface area contributed by atoms with Gasteiger partial charge in [-0.2, -0.15) is 0 Å². The molecule has 1 saturated heterocycles. The van der Waals surface area contributed by atoms with E-state index in [0.717, 1.165) is 6.42 Å². The third kappa shape index (κ3) is 2.71. The fourth-order valence-corrected chi connectivity index (χ4v) is 2.64. The molecule has 2 N–H and O–H groups in total. The van der Waals surface area contributed by atoms with E-state index < -0.39 is 11.7 Å². The highest BCUT2D eigenvalue weighted by molar-refractivity contribution is 5.97. The largest absolute Gasteiger partial charge is 0.507 e. The van der Waals surface area contributed by atoms with Crippen LogP contribution in [0.15, 0.2) is 18.2 Å². The Labute approximate surface area is 112 Å². The summed E-state index contributed by atoms with van der Waals surface area (Å²) in [5.41, 5.74) is -0.224. The summed E-state index contributed by atoms with van der Waals surface area (Å²) in [6, 6.07) is 4.28. The Bertz CT molecular complexity index is 458. The Morgan fingerprint density at radius 2 is 2.26 bits per heavy atom. The van der Waals surface area contributed by atoms with E-state index in [1.165, 1.54) is 18.2 Å². The molecule has 2 unspecified atom stereocenters. The van der Waals surface area contributed by atoms with Crippen LogP contribution in [-0.2, 0) is 0 Å². The third-order valence-corrected chi connectivity index (χ3v) is 3.77. The summed E-state index contributed by atoms with van der Waals surface area (Å²) in [5.74, 6) is -1.10. The van der Waals surface area contributed by atoms with Crippen LogP contribution in [0.2, 0.25) is 0 Å². The molecule has 19 heavy (non-hydrogen) atoms. The van der Waals surface area contributed by atoms with E-state index in [1.807, 2.05) is 7.05 Å². The average molecular weight is 266 g/mol. The first kappa shape index (κ1) is 13.8. The van der Waals surface area contributed by atoms with Crippen LogP contribution < -0.4 is 5.32 Å². The molecule has 0 aliphatic carbocycles. The zero-order valence-electron chi connectivity index (χ0n) is 11.2. The predicted molar refractivity (Wildman–Crippen MR) is 70.6 cm³/mol. The van der Waals surface area contributed by atoms with Gasteiger partial charge in [0.15, 0.2) is 0 Å². The smallest absolute Gasteiger partial charge is 0.260 e. The van der Waals surface area contributed by atoms with Gasteiger partial charge in [-0.05, 0) is 31.5 Å². The fraction of sp³-hybridized carbons (Fsp3) is 0.500. The Morgan fingerprint density at radius 3 is 2.84 bits per heavy atom. The number of carbonyl (C=O) groups excluding carboxylic acids is 1. The summed E-state index contributed by atoms with van der Waals surface area (Å²) in [6.45, 7) is 3.20. The summed E-state index contributed by atoms with van der Waals surface area (Å²) in [6.07, 6.45) is 0.832. The van der Waals surface area contributed by atoms with Crippen molar-refractivity contribution in [1.29, 1.82) is 0 Å². The molecule has 5 heteroatoms. The van der Waals surface area contributed by atoms with Crippen LogP contribution in [-0.4, -0.2) is 42.1 Å². The lowest BCUT2D eigenvalue weighted by Crippen LogP contribution is -2.49. The van der Waals surface area contributed by atoms with Crippen molar-refractivity contribution in [2.24, 2.45) is 5.92 Å². The van der Waals surface area contributed by atoms with E-state index >= 15 is 0 Å². The molecular formula is C14H19FN2O2. The highest BCUT2D eigenvalue weighted by atomic mass is 19.1. The standard InChI is InChI=1S/C14H19FN2O2/c1-9-8-17(7-6-11(9)16-2)14(19)13-10(15)4-3-5-12(13)18/h3-5,9,11,16,18H,6-8H2,1-2H3. The lowest BCUT2D eigenvalue weighted by Gasteiger charge is -2.36. The molecule has 4 nitrogen and oxygen atoms in total. The average Bonchev–Trinajstić information content (AvgIpc) is 2.38. The molecule has 2 atom stereocenters. The molecule has 1 fully saturated rings. The number of phenols is 1. The van der Waals surface area contributed by atoms with Crippen LogP contribution in [0.5, 0.6) is 5.75 Å². The number of likely N-dealkylation sites (tertiary alicyclic amines) is 1. The molecule has 1 aliphatic heterocycles. The predicted octanol–water partition coefficient (Wildman–Crippen LogP) is 1.60. The lowest BCUT2D eigenvalue weighted by atomic mass is 9.93. The van der Waals surface area contributed by atoms with Gasteiger partial charge in [0, 0.05) is 19.1 Å². The molecule has 1 aliphatic rings. The second-order valence-electron chi connectivity index (χ2n) is 5.05. The molecule has 0 aromatic heterocycles. The maximum atomic E-state index is 13.7. The van der Waals surface area contributed by atoms with E-state index in [2.05, 4.69) is 12.2 Å². The van der Waals surface area contributed by atoms with Crippen molar-refractivity contribution in [3.05, 3.63) is 29.6 Å². The van der Waals surface area contributed by atoms with Crippen molar-refractivity contribution < 1.29 is 14.3 Å². The Hall–Kier alpha value is -1.62. The summed E-state index contributed by atoms with van der Waals surface area (Å²) in [7, 11) is 1.90. The minimum atomic E-state index is -0.673. The van der Waals surface area contributed by atoms with Gasteiger partial charge in [0.05, 0.1) is 0 Å². The number of halogens is 1. The number of phenolic OH excluding ortho intramolecular Hbond substituents is 1. The van der Waals surface area contributed by atoms with E-state index in [1.54, 1.807) is 4.90 Å². The number of piperidine rings is 1. The minimum Gasteiger partial charge on any atom is -0.507 e. The second kappa shape index (κ2) is 5.57. The number of aromatic hydroxyl groups is 1. The number of benzene rings is 1. The molecule has 0 bridgehead atoms. The third-order valence-electron chi connectivity index (χ3n) is 3.77. The zero-order chi connectivity index (χ0) is 14.0. The van der Waals surface area contributed by atoms with Crippen LogP contribution in [0, 0.1) is 11.7 Å². The van der Waals surface area contributed by atoms with Gasteiger partial charge in [-0.3, -0.25) is 4.79 Å². The Balaban J connectivity index is 2.17. The van der Waals surface area contributed by atoms with Gasteiger partial charge in [-0.25, -0.2) is 4.39 Å². The first-order valence-corrected chi connectivity index (χ1v) is 6.48. The first-order valence-electron chi connectivity index (χ1n) is 6.48. The molecule has 104 valence electrons. The molecule has 1 aromatic carbocycles. The second-order valence-corrected chi connectivity index (χ2v) is 5.05. The van der Waals surface area contributed by atoms with Gasteiger partial charge in [0.1, 0.15) is 17.1 Å². The van der Waals surface area contributed by atoms with Crippen molar-refractivity contribution in [3.8, 4) is 5.75 Å². The lowest BCUT2D eigenvalue weighted by molar-refractivity contribution is 0.0641. The number of nitrogens with zero attached hydrogens (tertiary/aromatic N) is 1. The summed E-state index contributed by atoms with van der Waals surface area (Å²) >= 11 is 0.